The molecule has 24 heavy (non-hydrogen) atoms. The zero-order valence-electron chi connectivity index (χ0n) is 13.2. The molecule has 120 valence electrons. The Bertz CT molecular complexity index is 901. The Morgan fingerprint density at radius 1 is 1.21 bits per heavy atom. The van der Waals surface area contributed by atoms with Crippen LogP contribution in [0.3, 0.4) is 0 Å². The average molecular weight is 382 g/mol. The molecule has 0 saturated heterocycles. The fourth-order valence-corrected chi connectivity index (χ4v) is 3.47. The molecular weight excluding hydrogens is 366 g/mol. The lowest BCUT2D eigenvalue weighted by Crippen LogP contribution is -2.35. The molecule has 3 aromatic rings. The Morgan fingerprint density at radius 3 is 2.75 bits per heavy atom. The van der Waals surface area contributed by atoms with Gasteiger partial charge in [-0.05, 0) is 43.2 Å². The third-order valence-electron chi connectivity index (χ3n) is 4.37. The van der Waals surface area contributed by atoms with Gasteiger partial charge in [0, 0.05) is 21.8 Å². The van der Waals surface area contributed by atoms with Gasteiger partial charge in [-0.3, -0.25) is 9.89 Å². The van der Waals surface area contributed by atoms with Crippen molar-refractivity contribution in [3.63, 3.8) is 0 Å². The van der Waals surface area contributed by atoms with Crippen molar-refractivity contribution in [1.82, 2.24) is 10.2 Å². The van der Waals surface area contributed by atoms with Gasteiger partial charge in [0.1, 0.15) is 5.69 Å². The number of aromatic nitrogens is 2. The van der Waals surface area contributed by atoms with E-state index in [1.54, 1.807) is 0 Å². The molecule has 1 atom stereocenters. The van der Waals surface area contributed by atoms with Gasteiger partial charge in [0.25, 0.3) is 5.91 Å². The average Bonchev–Trinajstić information content (AvgIpc) is 3.19. The van der Waals surface area contributed by atoms with Crippen molar-refractivity contribution >= 4 is 27.5 Å². The number of nitrogens with zero attached hydrogens (tertiary/aromatic N) is 2. The summed E-state index contributed by atoms with van der Waals surface area (Å²) in [6, 6.07) is 17.9. The van der Waals surface area contributed by atoms with Crippen molar-refractivity contribution in [3.05, 3.63) is 70.3 Å². The number of H-pyrrole nitrogens is 1. The Morgan fingerprint density at radius 2 is 1.96 bits per heavy atom. The van der Waals surface area contributed by atoms with Gasteiger partial charge < -0.3 is 4.90 Å². The Balaban J connectivity index is 1.65. The normalized spacial score (nSPS) is 16.2. The second kappa shape index (κ2) is 5.91. The zero-order chi connectivity index (χ0) is 16.7. The number of benzene rings is 2. The van der Waals surface area contributed by atoms with E-state index < -0.39 is 0 Å². The van der Waals surface area contributed by atoms with Gasteiger partial charge in [-0.2, -0.15) is 5.10 Å². The highest BCUT2D eigenvalue weighted by Crippen LogP contribution is 2.33. The molecule has 0 bridgehead atoms. The summed E-state index contributed by atoms with van der Waals surface area (Å²) in [5.41, 5.74) is 4.46. The smallest absolute Gasteiger partial charge is 0.276 e. The van der Waals surface area contributed by atoms with Crippen molar-refractivity contribution in [3.8, 4) is 11.3 Å². The highest BCUT2D eigenvalue weighted by molar-refractivity contribution is 9.10. The fourth-order valence-electron chi connectivity index (χ4n) is 3.20. The molecule has 0 saturated carbocycles. The number of amides is 1. The number of carbonyl (C=O) groups excluding carboxylic acids is 1. The molecule has 1 N–H and O–H groups in total. The molecule has 0 aliphatic carbocycles. The SMILES string of the molecule is C[C@H]1Cc2ccccc2N1C(=O)c1cc(-c2ccc(Br)cc2)n[nH]1. The summed E-state index contributed by atoms with van der Waals surface area (Å²) in [5.74, 6) is -0.0386. The van der Waals surface area contributed by atoms with Crippen molar-refractivity contribution in [1.29, 1.82) is 0 Å². The quantitative estimate of drug-likeness (QED) is 0.713. The van der Waals surface area contributed by atoms with Crippen LogP contribution in [-0.4, -0.2) is 22.1 Å². The molecule has 1 amide bonds. The number of anilines is 1. The lowest BCUT2D eigenvalue weighted by molar-refractivity contribution is 0.0976. The van der Waals surface area contributed by atoms with Crippen molar-refractivity contribution < 1.29 is 4.79 Å². The molecule has 1 aliphatic rings. The summed E-state index contributed by atoms with van der Waals surface area (Å²) in [6.07, 6.45) is 0.885. The van der Waals surface area contributed by atoms with Crippen LogP contribution in [0.2, 0.25) is 0 Å². The van der Waals surface area contributed by atoms with Crippen LogP contribution in [-0.2, 0) is 6.42 Å². The van der Waals surface area contributed by atoms with Gasteiger partial charge in [-0.25, -0.2) is 0 Å². The molecule has 0 fully saturated rings. The largest absolute Gasteiger partial charge is 0.304 e. The van der Waals surface area contributed by atoms with E-state index in [-0.39, 0.29) is 11.9 Å². The lowest BCUT2D eigenvalue weighted by Gasteiger charge is -2.21. The monoisotopic (exact) mass is 381 g/mol. The van der Waals surface area contributed by atoms with Crippen molar-refractivity contribution in [2.24, 2.45) is 0 Å². The molecule has 5 heteroatoms. The summed E-state index contributed by atoms with van der Waals surface area (Å²) in [5, 5.41) is 7.20. The summed E-state index contributed by atoms with van der Waals surface area (Å²) >= 11 is 3.42. The fraction of sp³-hybridized carbons (Fsp3) is 0.158. The molecule has 4 rings (SSSR count). The van der Waals surface area contributed by atoms with E-state index >= 15 is 0 Å². The van der Waals surface area contributed by atoms with Crippen LogP contribution < -0.4 is 4.90 Å². The van der Waals surface area contributed by atoms with Gasteiger partial charge >= 0.3 is 0 Å². The van der Waals surface area contributed by atoms with Crippen LogP contribution in [0, 0.1) is 0 Å². The first-order valence-corrected chi connectivity index (χ1v) is 8.65. The van der Waals surface area contributed by atoms with Crippen LogP contribution in [0.15, 0.2) is 59.1 Å². The van der Waals surface area contributed by atoms with E-state index in [4.69, 9.17) is 0 Å². The predicted molar refractivity (Wildman–Crippen MR) is 98.1 cm³/mol. The molecule has 4 nitrogen and oxygen atoms in total. The number of nitrogens with one attached hydrogen (secondary N) is 1. The first-order chi connectivity index (χ1) is 11.6. The first kappa shape index (κ1) is 15.1. The molecule has 0 radical (unpaired) electrons. The van der Waals surface area contributed by atoms with Crippen LogP contribution in [0.1, 0.15) is 23.0 Å². The third kappa shape index (κ3) is 2.55. The van der Waals surface area contributed by atoms with Gasteiger partial charge in [0.05, 0.1) is 5.69 Å². The van der Waals surface area contributed by atoms with Crippen LogP contribution >= 0.6 is 15.9 Å². The lowest BCUT2D eigenvalue weighted by atomic mass is 10.1. The molecule has 2 aromatic carbocycles. The van der Waals surface area contributed by atoms with E-state index in [9.17, 15) is 4.79 Å². The first-order valence-electron chi connectivity index (χ1n) is 7.86. The number of rotatable bonds is 2. The predicted octanol–water partition coefficient (Wildman–Crippen LogP) is 4.43. The van der Waals surface area contributed by atoms with Crippen molar-refractivity contribution in [2.45, 2.75) is 19.4 Å². The van der Waals surface area contributed by atoms with Gasteiger partial charge in [0.2, 0.25) is 0 Å². The second-order valence-electron chi connectivity index (χ2n) is 6.03. The summed E-state index contributed by atoms with van der Waals surface area (Å²) in [4.78, 5) is 14.8. The number of fused-ring (bicyclic) bond motifs is 1. The summed E-state index contributed by atoms with van der Waals surface area (Å²) < 4.78 is 1.01. The Hall–Kier alpha value is -2.40. The van der Waals surface area contributed by atoms with E-state index in [1.807, 2.05) is 53.4 Å². The number of halogens is 1. The minimum Gasteiger partial charge on any atom is -0.304 e. The Kier molecular flexibility index (Phi) is 3.73. The molecule has 0 spiro atoms. The maximum Gasteiger partial charge on any atom is 0.276 e. The Labute approximate surface area is 148 Å². The molecular formula is C19H16BrN3O. The van der Waals surface area contributed by atoms with E-state index in [0.717, 1.165) is 27.8 Å². The highest BCUT2D eigenvalue weighted by Gasteiger charge is 2.32. The number of carbonyl (C=O) groups is 1. The van der Waals surface area contributed by atoms with Gasteiger partial charge in [-0.1, -0.05) is 46.3 Å². The maximum absolute atomic E-state index is 13.0. The standard InChI is InChI=1S/C19H16BrN3O/c1-12-10-14-4-2-3-5-18(14)23(12)19(24)17-11-16(21-22-17)13-6-8-15(20)9-7-13/h2-9,11-12H,10H2,1H3,(H,21,22)/t12-/m0/s1. The molecule has 0 unspecified atom stereocenters. The molecule has 2 heterocycles. The maximum atomic E-state index is 13.0. The van der Waals surface area contributed by atoms with Crippen molar-refractivity contribution in [2.75, 3.05) is 4.90 Å². The van der Waals surface area contributed by atoms with Gasteiger partial charge in [-0.15, -0.1) is 0 Å². The van der Waals surface area contributed by atoms with Gasteiger partial charge in [0.15, 0.2) is 0 Å². The molecule has 1 aliphatic heterocycles. The minimum atomic E-state index is -0.0386. The van der Waals surface area contributed by atoms with Crippen LogP contribution in [0.5, 0.6) is 0 Å². The van der Waals surface area contributed by atoms with E-state index in [0.29, 0.717) is 5.69 Å². The number of hydrogen-bond acceptors (Lipinski definition) is 2. The van der Waals surface area contributed by atoms with Crippen LogP contribution in [0.25, 0.3) is 11.3 Å². The highest BCUT2D eigenvalue weighted by atomic mass is 79.9. The van der Waals surface area contributed by atoms with E-state index in [1.165, 1.54) is 5.56 Å². The number of para-hydroxylation sites is 1. The van der Waals surface area contributed by atoms with Crippen LogP contribution in [0.4, 0.5) is 5.69 Å². The number of hydrogen-bond donors (Lipinski definition) is 1. The minimum absolute atomic E-state index is 0.0386. The third-order valence-corrected chi connectivity index (χ3v) is 4.90. The zero-order valence-corrected chi connectivity index (χ0v) is 14.7. The topological polar surface area (TPSA) is 49.0 Å². The molecule has 1 aromatic heterocycles. The summed E-state index contributed by atoms with van der Waals surface area (Å²) in [6.45, 7) is 2.07. The second-order valence-corrected chi connectivity index (χ2v) is 6.95. The number of aromatic amines is 1. The summed E-state index contributed by atoms with van der Waals surface area (Å²) in [7, 11) is 0. The van der Waals surface area contributed by atoms with E-state index in [2.05, 4.69) is 39.1 Å².